The van der Waals surface area contributed by atoms with Gasteiger partial charge in [0.1, 0.15) is 5.60 Å². The number of carbonyl (C=O) groups is 1. The van der Waals surface area contributed by atoms with Crippen molar-refractivity contribution in [3.05, 3.63) is 0 Å². The van der Waals surface area contributed by atoms with E-state index in [0.717, 1.165) is 19.6 Å². The van der Waals surface area contributed by atoms with E-state index in [1.807, 2.05) is 20.8 Å². The fourth-order valence-electron chi connectivity index (χ4n) is 2.71. The summed E-state index contributed by atoms with van der Waals surface area (Å²) in [6.45, 7) is 8.11. The first-order valence-corrected chi connectivity index (χ1v) is 6.04. The van der Waals surface area contributed by atoms with Gasteiger partial charge in [-0.05, 0) is 46.1 Å². The molecule has 0 aromatic heterocycles. The van der Waals surface area contributed by atoms with Crippen molar-refractivity contribution in [1.82, 2.24) is 4.90 Å². The van der Waals surface area contributed by atoms with Gasteiger partial charge in [-0.2, -0.15) is 0 Å². The summed E-state index contributed by atoms with van der Waals surface area (Å²) in [5.41, 5.74) is 5.65. The average molecular weight is 226 g/mol. The van der Waals surface area contributed by atoms with E-state index in [1.54, 1.807) is 4.90 Å². The highest BCUT2D eigenvalue weighted by Crippen LogP contribution is 2.52. The van der Waals surface area contributed by atoms with Gasteiger partial charge in [-0.3, -0.25) is 0 Å². The van der Waals surface area contributed by atoms with Gasteiger partial charge in [0.05, 0.1) is 0 Å². The number of rotatable bonds is 1. The lowest BCUT2D eigenvalue weighted by molar-refractivity contribution is -0.108. The number of amides is 1. The topological polar surface area (TPSA) is 55.6 Å². The second-order valence-electron chi connectivity index (χ2n) is 6.17. The highest BCUT2D eigenvalue weighted by Gasteiger charge is 2.55. The van der Waals surface area contributed by atoms with Crippen LogP contribution in [0.1, 0.15) is 33.6 Å². The monoisotopic (exact) mass is 226 g/mol. The van der Waals surface area contributed by atoms with Gasteiger partial charge in [0, 0.05) is 18.5 Å². The molecule has 1 atom stereocenters. The second kappa shape index (κ2) is 3.62. The van der Waals surface area contributed by atoms with Crippen LogP contribution in [-0.2, 0) is 4.74 Å². The van der Waals surface area contributed by atoms with Crippen molar-refractivity contribution in [2.45, 2.75) is 39.2 Å². The molecule has 0 aromatic rings. The Morgan fingerprint density at radius 2 is 2.12 bits per heavy atom. The first kappa shape index (κ1) is 11.7. The molecule has 4 nitrogen and oxygen atoms in total. The third kappa shape index (κ3) is 1.90. The van der Waals surface area contributed by atoms with E-state index in [9.17, 15) is 4.79 Å². The highest BCUT2D eigenvalue weighted by molar-refractivity contribution is 5.69. The molecule has 92 valence electrons. The molecule has 2 aliphatic rings. The molecule has 2 fully saturated rings. The molecular weight excluding hydrogens is 204 g/mol. The Kier molecular flexibility index (Phi) is 2.65. The number of ether oxygens (including phenoxy) is 1. The third-order valence-corrected chi connectivity index (χ3v) is 3.80. The molecule has 2 rings (SSSR count). The van der Waals surface area contributed by atoms with Crippen molar-refractivity contribution in [3.63, 3.8) is 0 Å². The molecule has 2 N–H and O–H groups in total. The van der Waals surface area contributed by atoms with Gasteiger partial charge in [0.2, 0.25) is 0 Å². The minimum atomic E-state index is -0.396. The summed E-state index contributed by atoms with van der Waals surface area (Å²) >= 11 is 0. The van der Waals surface area contributed by atoms with Crippen LogP contribution in [0.3, 0.4) is 0 Å². The lowest BCUT2D eigenvalue weighted by Gasteiger charge is -2.60. The summed E-state index contributed by atoms with van der Waals surface area (Å²) in [7, 11) is 0. The Morgan fingerprint density at radius 3 is 2.50 bits per heavy atom. The van der Waals surface area contributed by atoms with Gasteiger partial charge in [-0.25, -0.2) is 4.79 Å². The molecule has 1 aliphatic carbocycles. The normalized spacial score (nSPS) is 27.2. The summed E-state index contributed by atoms with van der Waals surface area (Å²) in [5, 5.41) is 0. The van der Waals surface area contributed by atoms with Crippen LogP contribution in [0.15, 0.2) is 0 Å². The van der Waals surface area contributed by atoms with E-state index >= 15 is 0 Å². The van der Waals surface area contributed by atoms with Crippen molar-refractivity contribution >= 4 is 6.09 Å². The molecule has 1 aliphatic heterocycles. The van der Waals surface area contributed by atoms with E-state index < -0.39 is 5.60 Å². The zero-order valence-electron chi connectivity index (χ0n) is 10.5. The SMILES string of the molecule is CC(C)(C)OC(=O)N1CC2(CCC2CN)C1. The van der Waals surface area contributed by atoms with Crippen molar-refractivity contribution < 1.29 is 9.53 Å². The number of hydrogen-bond donors (Lipinski definition) is 1. The van der Waals surface area contributed by atoms with Crippen LogP contribution in [0, 0.1) is 11.3 Å². The number of nitrogens with two attached hydrogens (primary N) is 1. The summed E-state index contributed by atoms with van der Waals surface area (Å²) in [6, 6.07) is 0. The summed E-state index contributed by atoms with van der Waals surface area (Å²) < 4.78 is 5.33. The predicted octanol–water partition coefficient (Wildman–Crippen LogP) is 1.59. The summed E-state index contributed by atoms with van der Waals surface area (Å²) in [6.07, 6.45) is 2.26. The maximum Gasteiger partial charge on any atom is 0.410 e. The highest BCUT2D eigenvalue weighted by atomic mass is 16.6. The van der Waals surface area contributed by atoms with Crippen LogP contribution >= 0.6 is 0 Å². The number of nitrogens with zero attached hydrogens (tertiary/aromatic N) is 1. The van der Waals surface area contributed by atoms with Gasteiger partial charge in [0.15, 0.2) is 0 Å². The van der Waals surface area contributed by atoms with Crippen molar-refractivity contribution in [2.75, 3.05) is 19.6 Å². The lowest BCUT2D eigenvalue weighted by atomic mass is 9.56. The minimum Gasteiger partial charge on any atom is -0.444 e. The van der Waals surface area contributed by atoms with E-state index in [4.69, 9.17) is 10.5 Å². The van der Waals surface area contributed by atoms with Gasteiger partial charge in [-0.1, -0.05) is 0 Å². The molecule has 1 saturated heterocycles. The number of hydrogen-bond acceptors (Lipinski definition) is 3. The van der Waals surface area contributed by atoms with Gasteiger partial charge >= 0.3 is 6.09 Å². The first-order valence-electron chi connectivity index (χ1n) is 6.04. The predicted molar refractivity (Wildman–Crippen MR) is 62.0 cm³/mol. The second-order valence-corrected chi connectivity index (χ2v) is 6.17. The quantitative estimate of drug-likeness (QED) is 0.738. The zero-order valence-corrected chi connectivity index (χ0v) is 10.5. The minimum absolute atomic E-state index is 0.180. The van der Waals surface area contributed by atoms with E-state index in [-0.39, 0.29) is 6.09 Å². The molecule has 0 aromatic carbocycles. The molecule has 1 heterocycles. The van der Waals surface area contributed by atoms with E-state index in [2.05, 4.69) is 0 Å². The smallest absolute Gasteiger partial charge is 0.410 e. The van der Waals surface area contributed by atoms with Gasteiger partial charge in [-0.15, -0.1) is 0 Å². The van der Waals surface area contributed by atoms with Crippen LogP contribution in [-0.4, -0.2) is 36.2 Å². The van der Waals surface area contributed by atoms with Crippen LogP contribution in [0.5, 0.6) is 0 Å². The Bertz CT molecular complexity index is 288. The van der Waals surface area contributed by atoms with Crippen LogP contribution in [0.25, 0.3) is 0 Å². The molecular formula is C12H22N2O2. The lowest BCUT2D eigenvalue weighted by Crippen LogP contribution is -2.67. The van der Waals surface area contributed by atoms with Crippen LogP contribution in [0.4, 0.5) is 4.79 Å². The molecule has 1 spiro atoms. The van der Waals surface area contributed by atoms with Gasteiger partial charge < -0.3 is 15.4 Å². The molecule has 16 heavy (non-hydrogen) atoms. The summed E-state index contributed by atoms with van der Waals surface area (Å²) in [4.78, 5) is 13.5. The Hall–Kier alpha value is -0.770. The Balaban J connectivity index is 1.82. The van der Waals surface area contributed by atoms with Crippen LogP contribution < -0.4 is 5.73 Å². The average Bonchev–Trinajstić information content (AvgIpc) is 1.96. The number of likely N-dealkylation sites (tertiary alicyclic amines) is 1. The Labute approximate surface area is 97.1 Å². The fraction of sp³-hybridized carbons (Fsp3) is 0.917. The third-order valence-electron chi connectivity index (χ3n) is 3.80. The van der Waals surface area contributed by atoms with Crippen molar-refractivity contribution in [2.24, 2.45) is 17.1 Å². The molecule has 0 radical (unpaired) electrons. The standard InChI is InChI=1S/C12H22N2O2/c1-11(2,3)16-10(15)14-7-12(8-14)5-4-9(12)6-13/h9H,4-8,13H2,1-3H3. The first-order chi connectivity index (χ1) is 7.36. The van der Waals surface area contributed by atoms with Crippen molar-refractivity contribution in [3.8, 4) is 0 Å². The maximum absolute atomic E-state index is 11.7. The zero-order chi connectivity index (χ0) is 12.0. The largest absolute Gasteiger partial charge is 0.444 e. The molecule has 0 bridgehead atoms. The molecule has 1 amide bonds. The van der Waals surface area contributed by atoms with Crippen LogP contribution in [0.2, 0.25) is 0 Å². The fourth-order valence-corrected chi connectivity index (χ4v) is 2.71. The van der Waals surface area contributed by atoms with E-state index in [1.165, 1.54) is 12.8 Å². The van der Waals surface area contributed by atoms with E-state index in [0.29, 0.717) is 11.3 Å². The molecule has 1 unspecified atom stereocenters. The Morgan fingerprint density at radius 1 is 1.50 bits per heavy atom. The molecule has 4 heteroatoms. The summed E-state index contributed by atoms with van der Waals surface area (Å²) in [5.74, 6) is 0.617. The maximum atomic E-state index is 11.7. The molecule has 1 saturated carbocycles. The van der Waals surface area contributed by atoms with Gasteiger partial charge in [0.25, 0.3) is 0 Å². The number of carbonyl (C=O) groups excluding carboxylic acids is 1. The van der Waals surface area contributed by atoms with Crippen molar-refractivity contribution in [1.29, 1.82) is 0 Å².